The first kappa shape index (κ1) is 28.2. The minimum atomic E-state index is -0.385. The molecular formula is C31H35FN6O3. The predicted molar refractivity (Wildman–Crippen MR) is 155 cm³/mol. The van der Waals surface area contributed by atoms with E-state index < -0.39 is 0 Å². The number of hydrogen-bond donors (Lipinski definition) is 3. The molecule has 1 aliphatic carbocycles. The van der Waals surface area contributed by atoms with Crippen LogP contribution in [0.4, 0.5) is 15.8 Å². The Kier molecular flexibility index (Phi) is 8.88. The lowest BCUT2D eigenvalue weighted by Crippen LogP contribution is -2.40. The molecule has 5 rings (SSSR count). The highest BCUT2D eigenvalue weighted by molar-refractivity contribution is 6.07. The van der Waals surface area contributed by atoms with E-state index >= 15 is 0 Å². The second kappa shape index (κ2) is 12.9. The van der Waals surface area contributed by atoms with Crippen molar-refractivity contribution in [2.45, 2.75) is 44.2 Å². The summed E-state index contributed by atoms with van der Waals surface area (Å²) in [5, 5.41) is 6.10. The average Bonchev–Trinajstić information content (AvgIpc) is 3.25. The Morgan fingerprint density at radius 2 is 1.61 bits per heavy atom. The quantitative estimate of drug-likeness (QED) is 0.423. The Morgan fingerprint density at radius 3 is 2.34 bits per heavy atom. The van der Waals surface area contributed by atoms with E-state index in [-0.39, 0.29) is 35.6 Å². The Hall–Kier alpha value is -4.31. The Bertz CT molecular complexity index is 1380. The number of rotatable bonds is 6. The molecule has 10 heteroatoms. The fourth-order valence-electron chi connectivity index (χ4n) is 5.41. The zero-order valence-electron chi connectivity index (χ0n) is 22.9. The van der Waals surface area contributed by atoms with Crippen LogP contribution >= 0.6 is 0 Å². The van der Waals surface area contributed by atoms with Gasteiger partial charge in [0.05, 0.1) is 16.9 Å². The number of nitrogens with one attached hydrogen (secondary N) is 2. The number of aromatic nitrogens is 1. The maximum Gasteiger partial charge on any atom is 0.257 e. The van der Waals surface area contributed by atoms with E-state index in [1.54, 1.807) is 35.4 Å². The summed E-state index contributed by atoms with van der Waals surface area (Å²) in [6.45, 7) is 2.18. The van der Waals surface area contributed by atoms with Crippen LogP contribution < -0.4 is 21.3 Å². The molecule has 2 fully saturated rings. The van der Waals surface area contributed by atoms with Gasteiger partial charge >= 0.3 is 0 Å². The van der Waals surface area contributed by atoms with Gasteiger partial charge < -0.3 is 26.2 Å². The Morgan fingerprint density at radius 1 is 0.854 bits per heavy atom. The lowest BCUT2D eigenvalue weighted by molar-refractivity contribution is 0.0766. The summed E-state index contributed by atoms with van der Waals surface area (Å²) >= 11 is 0. The summed E-state index contributed by atoms with van der Waals surface area (Å²) < 4.78 is 13.3. The van der Waals surface area contributed by atoms with Crippen LogP contribution in [0.15, 0.2) is 67.0 Å². The minimum absolute atomic E-state index is 0.0747. The van der Waals surface area contributed by atoms with Crippen molar-refractivity contribution in [3.8, 4) is 0 Å². The number of carbonyl (C=O) groups excluding carboxylic acids is 3. The molecule has 0 spiro atoms. The van der Waals surface area contributed by atoms with Crippen molar-refractivity contribution in [2.24, 2.45) is 5.73 Å². The van der Waals surface area contributed by atoms with E-state index in [0.29, 0.717) is 55.0 Å². The Balaban J connectivity index is 1.35. The summed E-state index contributed by atoms with van der Waals surface area (Å²) in [4.78, 5) is 47.2. The smallest absolute Gasteiger partial charge is 0.257 e. The van der Waals surface area contributed by atoms with Crippen molar-refractivity contribution >= 4 is 29.1 Å². The van der Waals surface area contributed by atoms with Gasteiger partial charge in [-0.05, 0) is 86.7 Å². The number of carbonyl (C=O) groups is 3. The maximum absolute atomic E-state index is 13.3. The second-order valence-corrected chi connectivity index (χ2v) is 10.7. The zero-order chi connectivity index (χ0) is 28.8. The molecule has 1 saturated heterocycles. The van der Waals surface area contributed by atoms with E-state index in [9.17, 15) is 18.8 Å². The van der Waals surface area contributed by atoms with Gasteiger partial charge in [-0.25, -0.2) is 4.39 Å². The van der Waals surface area contributed by atoms with Gasteiger partial charge in [-0.2, -0.15) is 0 Å². The minimum Gasteiger partial charge on any atom is -0.368 e. The molecule has 1 aromatic heterocycles. The standard InChI is InChI=1S/C31H35FN6O3/c32-24-7-4-21(5-8-24)31(41)38-16-2-15-37(17-18-38)28-13-6-22(29(39)35-26-11-9-25(33)10-12-26)19-27(28)36-30(40)23-3-1-14-34-20-23/h1,3-8,13-14,19-20,25-26H,2,9-12,15-18,33H2,(H,35,39)(H,36,40). The number of nitrogens with zero attached hydrogens (tertiary/aromatic N) is 3. The number of halogens is 1. The van der Waals surface area contributed by atoms with E-state index in [1.165, 1.54) is 30.5 Å². The van der Waals surface area contributed by atoms with Crippen LogP contribution in [-0.2, 0) is 0 Å². The highest BCUT2D eigenvalue weighted by Crippen LogP contribution is 2.30. The van der Waals surface area contributed by atoms with Gasteiger partial charge in [0.15, 0.2) is 0 Å². The summed E-state index contributed by atoms with van der Waals surface area (Å²) in [5.41, 5.74) is 8.58. The fraction of sp³-hybridized carbons (Fsp3) is 0.355. The molecule has 1 aliphatic heterocycles. The summed E-state index contributed by atoms with van der Waals surface area (Å²) in [7, 11) is 0. The van der Waals surface area contributed by atoms with Crippen molar-refractivity contribution < 1.29 is 18.8 Å². The molecule has 9 nitrogen and oxygen atoms in total. The number of pyridine rings is 1. The fourth-order valence-corrected chi connectivity index (χ4v) is 5.41. The normalized spacial score (nSPS) is 19.3. The molecule has 0 unspecified atom stereocenters. The molecule has 0 bridgehead atoms. The maximum atomic E-state index is 13.3. The van der Waals surface area contributed by atoms with Crippen LogP contribution in [0.1, 0.15) is 63.2 Å². The van der Waals surface area contributed by atoms with Gasteiger partial charge in [0.25, 0.3) is 17.7 Å². The number of hydrogen-bond acceptors (Lipinski definition) is 6. The van der Waals surface area contributed by atoms with Gasteiger partial charge in [-0.1, -0.05) is 0 Å². The summed E-state index contributed by atoms with van der Waals surface area (Å²) in [5.74, 6) is -1.06. The van der Waals surface area contributed by atoms with Crippen molar-refractivity contribution in [3.63, 3.8) is 0 Å². The molecule has 2 aromatic carbocycles. The lowest BCUT2D eigenvalue weighted by atomic mass is 9.91. The van der Waals surface area contributed by atoms with E-state index in [4.69, 9.17) is 5.73 Å². The third kappa shape index (κ3) is 7.07. The van der Waals surface area contributed by atoms with Crippen LogP contribution in [0.5, 0.6) is 0 Å². The van der Waals surface area contributed by atoms with Crippen LogP contribution in [0, 0.1) is 5.82 Å². The predicted octanol–water partition coefficient (Wildman–Crippen LogP) is 3.83. The molecular weight excluding hydrogens is 523 g/mol. The largest absolute Gasteiger partial charge is 0.368 e. The molecule has 214 valence electrons. The third-order valence-electron chi connectivity index (χ3n) is 7.75. The first-order chi connectivity index (χ1) is 19.9. The average molecular weight is 559 g/mol. The second-order valence-electron chi connectivity index (χ2n) is 10.7. The molecule has 0 radical (unpaired) electrons. The van der Waals surface area contributed by atoms with Gasteiger partial charge in [-0.15, -0.1) is 0 Å². The first-order valence-corrected chi connectivity index (χ1v) is 14.1. The highest BCUT2D eigenvalue weighted by atomic mass is 19.1. The van der Waals surface area contributed by atoms with Crippen LogP contribution in [0.25, 0.3) is 0 Å². The Labute approximate surface area is 238 Å². The van der Waals surface area contributed by atoms with Gasteiger partial charge in [0.1, 0.15) is 5.82 Å². The number of amides is 3. The van der Waals surface area contributed by atoms with Crippen LogP contribution in [0.3, 0.4) is 0 Å². The van der Waals surface area contributed by atoms with Crippen molar-refractivity contribution in [1.82, 2.24) is 15.2 Å². The molecule has 4 N–H and O–H groups in total. The zero-order valence-corrected chi connectivity index (χ0v) is 22.9. The van der Waals surface area contributed by atoms with E-state index in [0.717, 1.165) is 31.4 Å². The number of anilines is 2. The SMILES string of the molecule is NC1CCC(NC(=O)c2ccc(N3CCCN(C(=O)c4ccc(F)cc4)CC3)c(NC(=O)c3cccnc3)c2)CC1. The molecule has 2 heterocycles. The highest BCUT2D eigenvalue weighted by Gasteiger charge is 2.25. The number of nitrogens with two attached hydrogens (primary N) is 1. The van der Waals surface area contributed by atoms with E-state index in [1.807, 2.05) is 6.07 Å². The topological polar surface area (TPSA) is 121 Å². The summed E-state index contributed by atoms with van der Waals surface area (Å²) in [6.07, 6.45) is 7.24. The van der Waals surface area contributed by atoms with Crippen LogP contribution in [0.2, 0.25) is 0 Å². The monoisotopic (exact) mass is 558 g/mol. The van der Waals surface area contributed by atoms with Gasteiger partial charge in [-0.3, -0.25) is 19.4 Å². The molecule has 1 saturated carbocycles. The van der Waals surface area contributed by atoms with Crippen molar-refractivity contribution in [2.75, 3.05) is 36.4 Å². The molecule has 3 amide bonds. The first-order valence-electron chi connectivity index (χ1n) is 14.1. The molecule has 3 aromatic rings. The van der Waals surface area contributed by atoms with Crippen LogP contribution in [-0.4, -0.2) is 65.9 Å². The van der Waals surface area contributed by atoms with Gasteiger partial charge in [0.2, 0.25) is 0 Å². The molecule has 41 heavy (non-hydrogen) atoms. The van der Waals surface area contributed by atoms with Crippen molar-refractivity contribution in [3.05, 3.63) is 89.5 Å². The van der Waals surface area contributed by atoms with Gasteiger partial charge in [0, 0.05) is 61.8 Å². The lowest BCUT2D eigenvalue weighted by Gasteiger charge is -2.28. The van der Waals surface area contributed by atoms with E-state index in [2.05, 4.69) is 20.5 Å². The number of benzene rings is 2. The summed E-state index contributed by atoms with van der Waals surface area (Å²) in [6, 6.07) is 14.5. The van der Waals surface area contributed by atoms with Crippen molar-refractivity contribution in [1.29, 1.82) is 0 Å². The molecule has 0 atom stereocenters. The molecule has 2 aliphatic rings. The third-order valence-corrected chi connectivity index (χ3v) is 7.75.